The molecule has 1 fully saturated rings. The Kier molecular flexibility index (Phi) is 2.57. The molecule has 2 rings (SSSR count). The topological polar surface area (TPSA) is 29.9 Å². The van der Waals surface area contributed by atoms with Crippen molar-refractivity contribution in [3.63, 3.8) is 0 Å². The smallest absolute Gasteiger partial charge is 0.139 e. The third-order valence-electron chi connectivity index (χ3n) is 2.69. The third-order valence-corrected chi connectivity index (χ3v) is 3.47. The molecule has 0 amide bonds. The van der Waals surface area contributed by atoms with Gasteiger partial charge in [0.2, 0.25) is 0 Å². The van der Waals surface area contributed by atoms with Crippen LogP contribution in [0.15, 0.2) is 4.47 Å². The zero-order valence-electron chi connectivity index (χ0n) is 9.76. The van der Waals surface area contributed by atoms with Crippen molar-refractivity contribution in [1.29, 1.82) is 0 Å². The van der Waals surface area contributed by atoms with E-state index < -0.39 is 0 Å². The van der Waals surface area contributed by atoms with Gasteiger partial charge in [0.1, 0.15) is 5.82 Å². The Morgan fingerprint density at radius 1 is 1.40 bits per heavy atom. The minimum absolute atomic E-state index is 0.0218. The molecule has 0 bridgehead atoms. The second-order valence-corrected chi connectivity index (χ2v) is 5.95. The van der Waals surface area contributed by atoms with Gasteiger partial charge in [-0.1, -0.05) is 0 Å². The minimum atomic E-state index is 0.0218. The summed E-state index contributed by atoms with van der Waals surface area (Å²) in [4.78, 5) is 0. The molecule has 0 saturated heterocycles. The van der Waals surface area contributed by atoms with Crippen LogP contribution in [0.4, 0.5) is 5.82 Å². The highest BCUT2D eigenvalue weighted by Crippen LogP contribution is 2.45. The SMILES string of the molecule is CNc1c(Br)c(C2CC2)nn1C(C)(C)C. The van der Waals surface area contributed by atoms with E-state index >= 15 is 0 Å². The Morgan fingerprint density at radius 3 is 2.33 bits per heavy atom. The first-order valence-electron chi connectivity index (χ1n) is 5.41. The number of anilines is 1. The van der Waals surface area contributed by atoms with Gasteiger partial charge in [-0.25, -0.2) is 4.68 Å². The van der Waals surface area contributed by atoms with Crippen LogP contribution in [0, 0.1) is 0 Å². The van der Waals surface area contributed by atoms with E-state index in [0.717, 1.165) is 10.3 Å². The van der Waals surface area contributed by atoms with Gasteiger partial charge in [0, 0.05) is 13.0 Å². The number of hydrogen-bond acceptors (Lipinski definition) is 2. The highest BCUT2D eigenvalue weighted by Gasteiger charge is 2.32. The maximum atomic E-state index is 4.72. The van der Waals surface area contributed by atoms with Gasteiger partial charge < -0.3 is 5.32 Å². The molecule has 1 aliphatic carbocycles. The fourth-order valence-corrected chi connectivity index (χ4v) is 2.50. The molecule has 1 heterocycles. The fraction of sp³-hybridized carbons (Fsp3) is 0.727. The normalized spacial score (nSPS) is 16.9. The molecule has 1 aliphatic rings. The Bertz CT molecular complexity index is 372. The molecule has 4 heteroatoms. The first kappa shape index (κ1) is 11.0. The first-order valence-corrected chi connectivity index (χ1v) is 6.21. The molecule has 0 radical (unpaired) electrons. The number of rotatable bonds is 2. The molecule has 1 saturated carbocycles. The maximum absolute atomic E-state index is 4.72. The molecule has 0 aromatic carbocycles. The van der Waals surface area contributed by atoms with E-state index in [1.165, 1.54) is 18.5 Å². The van der Waals surface area contributed by atoms with Gasteiger partial charge in [0.05, 0.1) is 15.7 Å². The van der Waals surface area contributed by atoms with Crippen molar-refractivity contribution in [2.24, 2.45) is 0 Å². The van der Waals surface area contributed by atoms with E-state index in [9.17, 15) is 0 Å². The average molecular weight is 272 g/mol. The lowest BCUT2D eigenvalue weighted by Gasteiger charge is -2.22. The van der Waals surface area contributed by atoms with E-state index in [-0.39, 0.29) is 5.54 Å². The molecular weight excluding hydrogens is 254 g/mol. The number of nitrogens with one attached hydrogen (secondary N) is 1. The summed E-state index contributed by atoms with van der Waals surface area (Å²) >= 11 is 3.65. The summed E-state index contributed by atoms with van der Waals surface area (Å²) in [5.74, 6) is 1.76. The predicted octanol–water partition coefficient (Wildman–Crippen LogP) is 3.32. The van der Waals surface area contributed by atoms with Crippen molar-refractivity contribution in [3.8, 4) is 0 Å². The van der Waals surface area contributed by atoms with Crippen LogP contribution >= 0.6 is 15.9 Å². The number of aromatic nitrogens is 2. The summed E-state index contributed by atoms with van der Waals surface area (Å²) in [6.45, 7) is 6.51. The molecule has 0 unspecified atom stereocenters. The van der Waals surface area contributed by atoms with Gasteiger partial charge in [-0.15, -0.1) is 0 Å². The highest BCUT2D eigenvalue weighted by molar-refractivity contribution is 9.10. The Hall–Kier alpha value is -0.510. The van der Waals surface area contributed by atoms with E-state index in [2.05, 4.69) is 46.7 Å². The van der Waals surface area contributed by atoms with Crippen LogP contribution in [-0.2, 0) is 5.54 Å². The van der Waals surface area contributed by atoms with Gasteiger partial charge in [0.25, 0.3) is 0 Å². The molecule has 1 N–H and O–H groups in total. The van der Waals surface area contributed by atoms with E-state index in [1.807, 2.05) is 7.05 Å². The number of nitrogens with zero attached hydrogens (tertiary/aromatic N) is 2. The third kappa shape index (κ3) is 1.92. The standard InChI is InChI=1S/C11H18BrN3/c1-11(2,3)15-10(13-4)8(12)9(14-15)7-5-6-7/h7,13H,5-6H2,1-4H3. The summed E-state index contributed by atoms with van der Waals surface area (Å²) in [6.07, 6.45) is 2.56. The van der Waals surface area contributed by atoms with Crippen molar-refractivity contribution in [3.05, 3.63) is 10.2 Å². The number of hydrogen-bond donors (Lipinski definition) is 1. The van der Waals surface area contributed by atoms with Crippen molar-refractivity contribution >= 4 is 21.7 Å². The average Bonchev–Trinajstić information content (AvgIpc) is 2.89. The summed E-state index contributed by atoms with van der Waals surface area (Å²) in [6, 6.07) is 0. The molecule has 1 aromatic rings. The van der Waals surface area contributed by atoms with Gasteiger partial charge >= 0.3 is 0 Å². The van der Waals surface area contributed by atoms with Crippen molar-refractivity contribution in [2.75, 3.05) is 12.4 Å². The van der Waals surface area contributed by atoms with Gasteiger partial charge in [-0.05, 0) is 49.5 Å². The fourth-order valence-electron chi connectivity index (χ4n) is 1.73. The Labute approximate surface area is 99.4 Å². The lowest BCUT2D eigenvalue weighted by molar-refractivity contribution is 0.358. The molecule has 0 aliphatic heterocycles. The monoisotopic (exact) mass is 271 g/mol. The van der Waals surface area contributed by atoms with Crippen molar-refractivity contribution < 1.29 is 0 Å². The van der Waals surface area contributed by atoms with Gasteiger partial charge in [0.15, 0.2) is 0 Å². The van der Waals surface area contributed by atoms with E-state index in [4.69, 9.17) is 5.10 Å². The lowest BCUT2D eigenvalue weighted by Crippen LogP contribution is -2.24. The zero-order valence-corrected chi connectivity index (χ0v) is 11.3. The van der Waals surface area contributed by atoms with Crippen LogP contribution < -0.4 is 5.32 Å². The summed E-state index contributed by atoms with van der Waals surface area (Å²) in [5.41, 5.74) is 1.24. The largest absolute Gasteiger partial charge is 0.372 e. The van der Waals surface area contributed by atoms with Crippen molar-refractivity contribution in [2.45, 2.75) is 45.1 Å². The van der Waals surface area contributed by atoms with Crippen LogP contribution in [0.3, 0.4) is 0 Å². The Balaban J connectivity index is 2.49. The van der Waals surface area contributed by atoms with E-state index in [1.54, 1.807) is 0 Å². The van der Waals surface area contributed by atoms with Gasteiger partial charge in [-0.3, -0.25) is 0 Å². The molecule has 84 valence electrons. The maximum Gasteiger partial charge on any atom is 0.139 e. The summed E-state index contributed by atoms with van der Waals surface area (Å²) < 4.78 is 3.22. The van der Waals surface area contributed by atoms with Crippen LogP contribution in [0.5, 0.6) is 0 Å². The van der Waals surface area contributed by atoms with Gasteiger partial charge in [-0.2, -0.15) is 5.10 Å². The van der Waals surface area contributed by atoms with Crippen LogP contribution in [0.1, 0.15) is 45.2 Å². The van der Waals surface area contributed by atoms with Crippen LogP contribution in [-0.4, -0.2) is 16.8 Å². The molecular formula is C11H18BrN3. The second-order valence-electron chi connectivity index (χ2n) is 5.15. The summed E-state index contributed by atoms with van der Waals surface area (Å²) in [7, 11) is 1.95. The minimum Gasteiger partial charge on any atom is -0.372 e. The van der Waals surface area contributed by atoms with Crippen LogP contribution in [0.25, 0.3) is 0 Å². The van der Waals surface area contributed by atoms with E-state index in [0.29, 0.717) is 5.92 Å². The summed E-state index contributed by atoms with van der Waals surface area (Å²) in [5, 5.41) is 7.95. The van der Waals surface area contributed by atoms with Crippen molar-refractivity contribution in [1.82, 2.24) is 9.78 Å². The lowest BCUT2D eigenvalue weighted by atomic mass is 10.1. The number of halogens is 1. The molecule has 1 aromatic heterocycles. The van der Waals surface area contributed by atoms with Crippen LogP contribution in [0.2, 0.25) is 0 Å². The Morgan fingerprint density at radius 2 is 2.00 bits per heavy atom. The molecule has 3 nitrogen and oxygen atoms in total. The zero-order chi connectivity index (χ0) is 11.2. The first-order chi connectivity index (χ1) is 6.95. The molecule has 0 atom stereocenters. The molecule has 0 spiro atoms. The second kappa shape index (κ2) is 3.51. The quantitative estimate of drug-likeness (QED) is 0.895. The molecule has 15 heavy (non-hydrogen) atoms. The highest BCUT2D eigenvalue weighted by atomic mass is 79.9. The predicted molar refractivity (Wildman–Crippen MR) is 66.4 cm³/mol.